The Morgan fingerprint density at radius 1 is 1.37 bits per heavy atom. The summed E-state index contributed by atoms with van der Waals surface area (Å²) in [5.41, 5.74) is 0. The maximum Gasteiger partial charge on any atom is 0.303 e. The molecule has 1 atom stereocenters. The van der Waals surface area contributed by atoms with Gasteiger partial charge in [-0.25, -0.2) is 0 Å². The van der Waals surface area contributed by atoms with Gasteiger partial charge in [-0.05, 0) is 30.9 Å². The molecule has 0 aliphatic rings. The maximum absolute atomic E-state index is 11.7. The van der Waals surface area contributed by atoms with Crippen LogP contribution in [-0.2, 0) is 11.2 Å². The highest BCUT2D eigenvalue weighted by atomic mass is 16.4. The van der Waals surface area contributed by atoms with Crippen molar-refractivity contribution in [2.45, 2.75) is 39.5 Å². The first-order valence-electron chi connectivity index (χ1n) is 6.61. The van der Waals surface area contributed by atoms with Crippen LogP contribution in [0.3, 0.4) is 0 Å². The number of nitrogens with one attached hydrogen (secondary N) is 1. The molecule has 2 N–H and O–H groups in total. The Balaban J connectivity index is 2.25. The average molecular weight is 267 g/mol. The van der Waals surface area contributed by atoms with Gasteiger partial charge in [0.05, 0.1) is 0 Å². The van der Waals surface area contributed by atoms with Crippen LogP contribution in [-0.4, -0.2) is 23.5 Å². The predicted octanol–water partition coefficient (Wildman–Crippen LogP) is 2.46. The first kappa shape index (κ1) is 15.3. The number of rotatable bonds is 8. The number of furan rings is 1. The summed E-state index contributed by atoms with van der Waals surface area (Å²) in [4.78, 5) is 22.1. The van der Waals surface area contributed by atoms with E-state index in [0.29, 0.717) is 18.7 Å². The molecule has 0 aliphatic carbocycles. The van der Waals surface area contributed by atoms with Gasteiger partial charge in [-0.2, -0.15) is 0 Å². The van der Waals surface area contributed by atoms with Crippen LogP contribution in [0, 0.1) is 5.92 Å². The smallest absolute Gasteiger partial charge is 0.303 e. The summed E-state index contributed by atoms with van der Waals surface area (Å²) in [6, 6.07) is 3.46. The minimum absolute atomic E-state index is 0.174. The lowest BCUT2D eigenvalue weighted by Crippen LogP contribution is -2.25. The fourth-order valence-electron chi connectivity index (χ4n) is 1.72. The fourth-order valence-corrected chi connectivity index (χ4v) is 1.72. The monoisotopic (exact) mass is 267 g/mol. The molecule has 106 valence electrons. The van der Waals surface area contributed by atoms with Gasteiger partial charge in [0.25, 0.3) is 5.91 Å². The lowest BCUT2D eigenvalue weighted by Gasteiger charge is -2.10. The molecule has 0 saturated carbocycles. The van der Waals surface area contributed by atoms with Crippen LogP contribution >= 0.6 is 0 Å². The Kier molecular flexibility index (Phi) is 6.12. The van der Waals surface area contributed by atoms with Crippen molar-refractivity contribution in [3.05, 3.63) is 23.7 Å². The highest BCUT2D eigenvalue weighted by Crippen LogP contribution is 2.10. The second-order valence-corrected chi connectivity index (χ2v) is 4.70. The molecule has 1 amide bonds. The lowest BCUT2D eigenvalue weighted by molar-refractivity contribution is -0.137. The SMILES string of the molecule is CCc1ccc(C(=O)NCCC(C)CCC(=O)O)o1. The molecule has 5 nitrogen and oxygen atoms in total. The summed E-state index contributed by atoms with van der Waals surface area (Å²) >= 11 is 0. The zero-order valence-corrected chi connectivity index (χ0v) is 11.4. The van der Waals surface area contributed by atoms with Gasteiger partial charge in [0.1, 0.15) is 5.76 Å². The largest absolute Gasteiger partial charge is 0.481 e. The quantitative estimate of drug-likeness (QED) is 0.758. The normalized spacial score (nSPS) is 12.1. The lowest BCUT2D eigenvalue weighted by atomic mass is 10.0. The van der Waals surface area contributed by atoms with E-state index >= 15 is 0 Å². The van der Waals surface area contributed by atoms with Gasteiger partial charge in [-0.3, -0.25) is 9.59 Å². The zero-order chi connectivity index (χ0) is 14.3. The highest BCUT2D eigenvalue weighted by Gasteiger charge is 2.11. The second kappa shape index (κ2) is 7.61. The van der Waals surface area contributed by atoms with E-state index < -0.39 is 5.97 Å². The van der Waals surface area contributed by atoms with Gasteiger partial charge in [0, 0.05) is 19.4 Å². The number of amides is 1. The Labute approximate surface area is 113 Å². The van der Waals surface area contributed by atoms with Crippen LogP contribution in [0.5, 0.6) is 0 Å². The first-order valence-corrected chi connectivity index (χ1v) is 6.61. The molecule has 5 heteroatoms. The summed E-state index contributed by atoms with van der Waals surface area (Å²) in [5, 5.41) is 11.3. The minimum Gasteiger partial charge on any atom is -0.481 e. The molecule has 0 saturated heterocycles. The molecule has 1 heterocycles. The van der Waals surface area contributed by atoms with E-state index in [1.54, 1.807) is 12.1 Å². The van der Waals surface area contributed by atoms with Crippen LogP contribution in [0.4, 0.5) is 0 Å². The molecule has 1 aromatic rings. The molecule has 1 unspecified atom stereocenters. The standard InChI is InChI=1S/C14H21NO4/c1-3-11-5-6-12(19-11)14(18)15-9-8-10(2)4-7-13(16)17/h5-6,10H,3-4,7-9H2,1-2H3,(H,15,18)(H,16,17). The second-order valence-electron chi connectivity index (χ2n) is 4.70. The Bertz CT molecular complexity index is 425. The van der Waals surface area contributed by atoms with E-state index in [-0.39, 0.29) is 18.2 Å². The van der Waals surface area contributed by atoms with E-state index in [1.807, 2.05) is 13.8 Å². The summed E-state index contributed by atoms with van der Waals surface area (Å²) in [7, 11) is 0. The van der Waals surface area contributed by atoms with Gasteiger partial charge >= 0.3 is 5.97 Å². The van der Waals surface area contributed by atoms with Crippen LogP contribution < -0.4 is 5.32 Å². The first-order chi connectivity index (χ1) is 9.02. The fraction of sp³-hybridized carbons (Fsp3) is 0.571. The minimum atomic E-state index is -0.779. The Morgan fingerprint density at radius 2 is 2.11 bits per heavy atom. The van der Waals surface area contributed by atoms with E-state index in [2.05, 4.69) is 5.32 Å². The average Bonchev–Trinajstić information content (AvgIpc) is 2.85. The highest BCUT2D eigenvalue weighted by molar-refractivity contribution is 5.91. The van der Waals surface area contributed by atoms with Gasteiger partial charge in [0.2, 0.25) is 0 Å². The van der Waals surface area contributed by atoms with Crippen molar-refractivity contribution < 1.29 is 19.1 Å². The predicted molar refractivity (Wildman–Crippen MR) is 71.1 cm³/mol. The van der Waals surface area contributed by atoms with Gasteiger partial charge in [-0.1, -0.05) is 13.8 Å². The van der Waals surface area contributed by atoms with Crippen molar-refractivity contribution in [3.63, 3.8) is 0 Å². The molecule has 0 aromatic carbocycles. The number of aliphatic carboxylic acids is 1. The molecule has 1 rings (SSSR count). The molecule has 1 aromatic heterocycles. The molecule has 0 bridgehead atoms. The number of hydrogen-bond acceptors (Lipinski definition) is 3. The summed E-state index contributed by atoms with van der Waals surface area (Å²) in [5.74, 6) is 0.401. The van der Waals surface area contributed by atoms with E-state index in [9.17, 15) is 9.59 Å². The third kappa shape index (κ3) is 5.59. The van der Waals surface area contributed by atoms with E-state index in [1.165, 1.54) is 0 Å². The molecule has 0 radical (unpaired) electrons. The van der Waals surface area contributed by atoms with Gasteiger partial charge < -0.3 is 14.8 Å². The molecule has 19 heavy (non-hydrogen) atoms. The molecule has 0 aliphatic heterocycles. The van der Waals surface area contributed by atoms with E-state index in [4.69, 9.17) is 9.52 Å². The van der Waals surface area contributed by atoms with Crippen molar-refractivity contribution in [2.75, 3.05) is 6.54 Å². The van der Waals surface area contributed by atoms with Crippen LogP contribution in [0.25, 0.3) is 0 Å². The van der Waals surface area contributed by atoms with Crippen molar-refractivity contribution >= 4 is 11.9 Å². The van der Waals surface area contributed by atoms with E-state index in [0.717, 1.165) is 18.6 Å². The van der Waals surface area contributed by atoms with Crippen LogP contribution in [0.1, 0.15) is 49.4 Å². The molecular weight excluding hydrogens is 246 g/mol. The summed E-state index contributed by atoms with van der Waals surface area (Å²) in [6.45, 7) is 4.48. The molecular formula is C14H21NO4. The van der Waals surface area contributed by atoms with Crippen molar-refractivity contribution in [1.29, 1.82) is 0 Å². The van der Waals surface area contributed by atoms with Crippen LogP contribution in [0.2, 0.25) is 0 Å². The molecule has 0 spiro atoms. The summed E-state index contributed by atoms with van der Waals surface area (Å²) < 4.78 is 5.34. The van der Waals surface area contributed by atoms with Crippen molar-refractivity contribution in [2.24, 2.45) is 5.92 Å². The Hall–Kier alpha value is -1.78. The van der Waals surface area contributed by atoms with Gasteiger partial charge in [-0.15, -0.1) is 0 Å². The number of carboxylic acids is 1. The third-order valence-corrected chi connectivity index (χ3v) is 3.01. The number of aryl methyl sites for hydroxylation is 1. The number of carboxylic acid groups (broad SMARTS) is 1. The third-order valence-electron chi connectivity index (χ3n) is 3.01. The van der Waals surface area contributed by atoms with Crippen molar-refractivity contribution in [1.82, 2.24) is 5.32 Å². The number of carbonyl (C=O) groups excluding carboxylic acids is 1. The van der Waals surface area contributed by atoms with Gasteiger partial charge in [0.15, 0.2) is 5.76 Å². The topological polar surface area (TPSA) is 79.5 Å². The number of hydrogen-bond donors (Lipinski definition) is 2. The molecule has 0 fully saturated rings. The maximum atomic E-state index is 11.7. The number of carbonyl (C=O) groups is 2. The zero-order valence-electron chi connectivity index (χ0n) is 11.4. The van der Waals surface area contributed by atoms with Crippen LogP contribution in [0.15, 0.2) is 16.5 Å². The Morgan fingerprint density at radius 3 is 2.68 bits per heavy atom. The summed E-state index contributed by atoms with van der Waals surface area (Å²) in [6.07, 6.45) is 2.33. The van der Waals surface area contributed by atoms with Crippen molar-refractivity contribution in [3.8, 4) is 0 Å².